The van der Waals surface area contributed by atoms with Crippen LogP contribution in [0.2, 0.25) is 0 Å². The van der Waals surface area contributed by atoms with Gasteiger partial charge in [-0.25, -0.2) is 4.79 Å². The molecule has 2 amide bonds. The molecule has 21 heavy (non-hydrogen) atoms. The van der Waals surface area contributed by atoms with Crippen molar-refractivity contribution in [2.24, 2.45) is 5.92 Å². The molecule has 0 N–H and O–H groups in total. The Morgan fingerprint density at radius 2 is 1.67 bits per heavy atom. The summed E-state index contributed by atoms with van der Waals surface area (Å²) >= 11 is 0. The Hall–Kier alpha value is -1.28. The van der Waals surface area contributed by atoms with Gasteiger partial charge in [-0.15, -0.1) is 0 Å². The lowest BCUT2D eigenvalue weighted by molar-refractivity contribution is 0.0512. The predicted octanol–water partition coefficient (Wildman–Crippen LogP) is 1.90. The van der Waals surface area contributed by atoms with E-state index in [0.29, 0.717) is 18.1 Å². The van der Waals surface area contributed by atoms with Crippen LogP contribution in [-0.4, -0.2) is 65.0 Å². The van der Waals surface area contributed by atoms with Gasteiger partial charge in [-0.2, -0.15) is 5.26 Å². The molecular formula is C16H26N4O. The zero-order valence-electron chi connectivity index (χ0n) is 13.2. The number of hydrogen-bond acceptors (Lipinski definition) is 3. The van der Waals surface area contributed by atoms with Crippen LogP contribution >= 0.6 is 0 Å². The third-order valence-corrected chi connectivity index (χ3v) is 5.41. The molecule has 0 aliphatic carbocycles. The maximum Gasteiger partial charge on any atom is 0.320 e. The number of carbonyl (C=O) groups excluding carboxylic acids is 1. The average molecular weight is 290 g/mol. The molecule has 3 saturated heterocycles. The van der Waals surface area contributed by atoms with E-state index in [-0.39, 0.29) is 11.9 Å². The van der Waals surface area contributed by atoms with E-state index in [9.17, 15) is 4.79 Å². The van der Waals surface area contributed by atoms with Crippen LogP contribution in [0.3, 0.4) is 0 Å². The molecule has 3 aliphatic heterocycles. The predicted molar refractivity (Wildman–Crippen MR) is 80.7 cm³/mol. The van der Waals surface area contributed by atoms with Gasteiger partial charge in [-0.05, 0) is 39.5 Å². The number of nitriles is 1. The maximum absolute atomic E-state index is 12.8. The third-order valence-electron chi connectivity index (χ3n) is 5.41. The number of amides is 2. The van der Waals surface area contributed by atoms with Crippen molar-refractivity contribution >= 4 is 6.03 Å². The molecule has 0 aromatic heterocycles. The quantitative estimate of drug-likeness (QED) is 0.741. The van der Waals surface area contributed by atoms with E-state index in [1.54, 1.807) is 0 Å². The van der Waals surface area contributed by atoms with Gasteiger partial charge in [0.25, 0.3) is 0 Å². The summed E-state index contributed by atoms with van der Waals surface area (Å²) in [6.45, 7) is 8.03. The minimum atomic E-state index is 0.142. The van der Waals surface area contributed by atoms with Gasteiger partial charge in [-0.3, -0.25) is 4.90 Å². The second-order valence-corrected chi connectivity index (χ2v) is 7.01. The number of likely N-dealkylation sites (tertiary alicyclic amines) is 2. The fraction of sp³-hybridized carbons (Fsp3) is 0.875. The van der Waals surface area contributed by atoms with Crippen molar-refractivity contribution in [1.82, 2.24) is 14.7 Å². The number of urea groups is 1. The molecule has 0 aromatic rings. The van der Waals surface area contributed by atoms with E-state index in [1.807, 2.05) is 4.90 Å². The SMILES string of the molecule is CC(C)N1CC2CCC(C1)N2C(=O)N1CCC(C#N)CC1. The average Bonchev–Trinajstić information content (AvgIpc) is 2.76. The molecule has 3 heterocycles. The Kier molecular flexibility index (Phi) is 4.08. The standard InChI is InChI=1S/C16H26N4O/c1-12(2)19-10-14-3-4-15(11-19)20(14)16(21)18-7-5-13(9-17)6-8-18/h12-15H,3-8,10-11H2,1-2H3. The molecule has 5 heteroatoms. The Morgan fingerprint density at radius 1 is 1.10 bits per heavy atom. The molecule has 0 spiro atoms. The number of hydrogen-bond donors (Lipinski definition) is 0. The molecule has 2 bridgehead atoms. The van der Waals surface area contributed by atoms with E-state index < -0.39 is 0 Å². The van der Waals surface area contributed by atoms with Crippen LogP contribution in [-0.2, 0) is 0 Å². The molecule has 5 nitrogen and oxygen atoms in total. The molecule has 3 aliphatic rings. The first-order valence-corrected chi connectivity index (χ1v) is 8.31. The van der Waals surface area contributed by atoms with Crippen LogP contribution in [0, 0.1) is 17.2 Å². The van der Waals surface area contributed by atoms with Crippen molar-refractivity contribution in [2.75, 3.05) is 26.2 Å². The molecular weight excluding hydrogens is 264 g/mol. The molecule has 0 radical (unpaired) electrons. The minimum absolute atomic E-state index is 0.142. The molecule has 2 unspecified atom stereocenters. The highest BCUT2D eigenvalue weighted by Gasteiger charge is 2.44. The Labute approximate surface area is 127 Å². The van der Waals surface area contributed by atoms with Gasteiger partial charge in [-0.1, -0.05) is 0 Å². The summed E-state index contributed by atoms with van der Waals surface area (Å²) in [5.41, 5.74) is 0. The minimum Gasteiger partial charge on any atom is -0.325 e. The Morgan fingerprint density at radius 3 is 2.14 bits per heavy atom. The summed E-state index contributed by atoms with van der Waals surface area (Å²) < 4.78 is 0. The van der Waals surface area contributed by atoms with Gasteiger partial charge in [0.1, 0.15) is 0 Å². The van der Waals surface area contributed by atoms with Crippen LogP contribution in [0.4, 0.5) is 4.79 Å². The second kappa shape index (κ2) is 5.84. The van der Waals surface area contributed by atoms with Crippen molar-refractivity contribution in [3.63, 3.8) is 0 Å². The van der Waals surface area contributed by atoms with Crippen molar-refractivity contribution in [3.05, 3.63) is 0 Å². The van der Waals surface area contributed by atoms with E-state index in [1.165, 1.54) is 0 Å². The highest BCUT2D eigenvalue weighted by molar-refractivity contribution is 5.76. The van der Waals surface area contributed by atoms with Gasteiger partial charge >= 0.3 is 6.03 Å². The first kappa shape index (κ1) is 14.6. The number of carbonyl (C=O) groups is 1. The van der Waals surface area contributed by atoms with E-state index >= 15 is 0 Å². The number of fused-ring (bicyclic) bond motifs is 2. The van der Waals surface area contributed by atoms with Crippen molar-refractivity contribution in [1.29, 1.82) is 5.26 Å². The van der Waals surface area contributed by atoms with E-state index in [0.717, 1.165) is 51.9 Å². The van der Waals surface area contributed by atoms with Crippen LogP contribution < -0.4 is 0 Å². The zero-order valence-corrected chi connectivity index (χ0v) is 13.2. The first-order chi connectivity index (χ1) is 10.1. The molecule has 0 aromatic carbocycles. The lowest BCUT2D eigenvalue weighted by Gasteiger charge is -2.45. The molecule has 3 fully saturated rings. The molecule has 116 valence electrons. The topological polar surface area (TPSA) is 50.6 Å². The summed E-state index contributed by atoms with van der Waals surface area (Å²) in [5, 5.41) is 8.97. The summed E-state index contributed by atoms with van der Waals surface area (Å²) in [6.07, 6.45) is 3.97. The summed E-state index contributed by atoms with van der Waals surface area (Å²) in [7, 11) is 0. The number of piperidine rings is 1. The van der Waals surface area contributed by atoms with E-state index in [4.69, 9.17) is 5.26 Å². The highest BCUT2D eigenvalue weighted by Crippen LogP contribution is 2.32. The summed E-state index contributed by atoms with van der Waals surface area (Å²) in [5.74, 6) is 0.142. The van der Waals surface area contributed by atoms with Gasteiger partial charge in [0.2, 0.25) is 0 Å². The van der Waals surface area contributed by atoms with Crippen LogP contribution in [0.5, 0.6) is 0 Å². The monoisotopic (exact) mass is 290 g/mol. The summed E-state index contributed by atoms with van der Waals surface area (Å²) in [4.78, 5) is 19.5. The first-order valence-electron chi connectivity index (χ1n) is 8.31. The molecule has 3 rings (SSSR count). The number of nitrogens with zero attached hydrogens (tertiary/aromatic N) is 4. The summed E-state index contributed by atoms with van der Waals surface area (Å²) in [6, 6.07) is 3.91. The number of piperazine rings is 1. The normalized spacial score (nSPS) is 30.8. The Balaban J connectivity index is 1.63. The lowest BCUT2D eigenvalue weighted by Crippen LogP contribution is -2.60. The lowest BCUT2D eigenvalue weighted by atomic mass is 9.99. The molecule has 0 saturated carbocycles. The van der Waals surface area contributed by atoms with Gasteiger partial charge < -0.3 is 9.80 Å². The van der Waals surface area contributed by atoms with Crippen molar-refractivity contribution < 1.29 is 4.79 Å². The maximum atomic E-state index is 12.8. The fourth-order valence-corrected chi connectivity index (χ4v) is 4.03. The van der Waals surface area contributed by atoms with Crippen LogP contribution in [0.1, 0.15) is 39.5 Å². The highest BCUT2D eigenvalue weighted by atomic mass is 16.2. The van der Waals surface area contributed by atoms with Crippen LogP contribution in [0.15, 0.2) is 0 Å². The zero-order chi connectivity index (χ0) is 15.0. The smallest absolute Gasteiger partial charge is 0.320 e. The van der Waals surface area contributed by atoms with Crippen LogP contribution in [0.25, 0.3) is 0 Å². The molecule has 2 atom stereocenters. The van der Waals surface area contributed by atoms with Gasteiger partial charge in [0.15, 0.2) is 0 Å². The van der Waals surface area contributed by atoms with Gasteiger partial charge in [0, 0.05) is 50.2 Å². The van der Waals surface area contributed by atoms with Gasteiger partial charge in [0.05, 0.1) is 6.07 Å². The van der Waals surface area contributed by atoms with Crippen molar-refractivity contribution in [3.8, 4) is 6.07 Å². The third kappa shape index (κ3) is 2.74. The largest absolute Gasteiger partial charge is 0.325 e. The Bertz CT molecular complexity index is 422. The fourth-order valence-electron chi connectivity index (χ4n) is 4.03. The second-order valence-electron chi connectivity index (χ2n) is 7.01. The van der Waals surface area contributed by atoms with Crippen molar-refractivity contribution in [2.45, 2.75) is 57.7 Å². The van der Waals surface area contributed by atoms with E-state index in [2.05, 4.69) is 29.7 Å². The number of rotatable bonds is 1.